The Morgan fingerprint density at radius 1 is 1.48 bits per heavy atom. The van der Waals surface area contributed by atoms with Gasteiger partial charge >= 0.3 is 0 Å². The molecule has 0 heterocycles. The molecule has 1 aromatic carbocycles. The van der Waals surface area contributed by atoms with Gasteiger partial charge in [-0.2, -0.15) is 0 Å². The number of hydrogen-bond acceptors (Lipinski definition) is 5. The zero-order chi connectivity index (χ0) is 16.2. The lowest BCUT2D eigenvalue weighted by atomic mass is 10.2. The zero-order valence-electron chi connectivity index (χ0n) is 11.8. The summed E-state index contributed by atoms with van der Waals surface area (Å²) in [5.41, 5.74) is 0.0490. The van der Waals surface area contributed by atoms with Gasteiger partial charge in [0.05, 0.1) is 17.6 Å². The highest BCUT2D eigenvalue weighted by atomic mass is 35.7. The highest BCUT2D eigenvalue weighted by Crippen LogP contribution is 2.24. The van der Waals surface area contributed by atoms with Crippen molar-refractivity contribution in [1.82, 2.24) is 5.32 Å². The summed E-state index contributed by atoms with van der Waals surface area (Å²) >= 11 is 0. The molecular formula is C12H16ClNO5S2. The first kappa shape index (κ1) is 17.9. The second-order valence-electron chi connectivity index (χ2n) is 4.41. The van der Waals surface area contributed by atoms with Gasteiger partial charge in [0, 0.05) is 39.5 Å². The van der Waals surface area contributed by atoms with Crippen LogP contribution in [0.3, 0.4) is 0 Å². The number of halogens is 1. The zero-order valence-corrected chi connectivity index (χ0v) is 14.1. The summed E-state index contributed by atoms with van der Waals surface area (Å²) in [5.74, 6) is -0.00461. The molecule has 21 heavy (non-hydrogen) atoms. The average Bonchev–Trinajstić information content (AvgIpc) is 2.35. The largest absolute Gasteiger partial charge is 0.496 e. The predicted molar refractivity (Wildman–Crippen MR) is 81.9 cm³/mol. The van der Waals surface area contributed by atoms with Gasteiger partial charge in [-0.15, -0.1) is 0 Å². The number of nitrogens with one attached hydrogen (secondary N) is 1. The van der Waals surface area contributed by atoms with Crippen LogP contribution in [-0.2, 0) is 19.9 Å². The first-order valence-corrected chi connectivity index (χ1v) is 9.92. The van der Waals surface area contributed by atoms with E-state index in [1.807, 2.05) is 0 Å². The van der Waals surface area contributed by atoms with Gasteiger partial charge in [0.25, 0.3) is 15.0 Å². The molecule has 6 nitrogen and oxygen atoms in total. The van der Waals surface area contributed by atoms with Crippen LogP contribution in [0.1, 0.15) is 17.3 Å². The molecule has 0 bridgehead atoms. The molecule has 2 unspecified atom stereocenters. The van der Waals surface area contributed by atoms with E-state index >= 15 is 0 Å². The molecule has 0 aliphatic rings. The Morgan fingerprint density at radius 3 is 2.57 bits per heavy atom. The summed E-state index contributed by atoms with van der Waals surface area (Å²) in [6, 6.07) is 3.42. The summed E-state index contributed by atoms with van der Waals surface area (Å²) in [6.45, 7) is 1.70. The van der Waals surface area contributed by atoms with Crippen molar-refractivity contribution in [2.24, 2.45) is 0 Å². The van der Waals surface area contributed by atoms with Gasteiger partial charge in [-0.1, -0.05) is 0 Å². The maximum absolute atomic E-state index is 12.2. The molecule has 0 radical (unpaired) electrons. The topological polar surface area (TPSA) is 89.5 Å². The van der Waals surface area contributed by atoms with Crippen LogP contribution in [0.15, 0.2) is 23.1 Å². The third-order valence-electron chi connectivity index (χ3n) is 2.56. The Hall–Kier alpha value is -1.12. The van der Waals surface area contributed by atoms with Crippen molar-refractivity contribution >= 4 is 36.4 Å². The van der Waals surface area contributed by atoms with Crippen LogP contribution in [0.25, 0.3) is 0 Å². The van der Waals surface area contributed by atoms with Crippen molar-refractivity contribution in [2.45, 2.75) is 17.9 Å². The van der Waals surface area contributed by atoms with Crippen molar-refractivity contribution in [3.8, 4) is 5.75 Å². The first-order chi connectivity index (χ1) is 9.65. The second kappa shape index (κ2) is 7.24. The van der Waals surface area contributed by atoms with Crippen LogP contribution in [0.4, 0.5) is 0 Å². The number of carbonyl (C=O) groups excluding carboxylic acids is 1. The van der Waals surface area contributed by atoms with E-state index in [1.165, 1.54) is 25.5 Å². The first-order valence-electron chi connectivity index (χ1n) is 5.88. The normalized spacial score (nSPS) is 14.3. The van der Waals surface area contributed by atoms with Gasteiger partial charge in [-0.25, -0.2) is 8.42 Å². The van der Waals surface area contributed by atoms with Crippen LogP contribution in [-0.4, -0.2) is 43.7 Å². The van der Waals surface area contributed by atoms with E-state index < -0.39 is 25.8 Å². The molecule has 9 heteroatoms. The number of amides is 1. The molecule has 1 N–H and O–H groups in total. The highest BCUT2D eigenvalue weighted by molar-refractivity contribution is 8.13. The van der Waals surface area contributed by atoms with E-state index in [4.69, 9.17) is 15.4 Å². The fourth-order valence-corrected chi connectivity index (χ4v) is 3.28. The lowest BCUT2D eigenvalue weighted by Crippen LogP contribution is -2.36. The molecule has 0 aliphatic heterocycles. The summed E-state index contributed by atoms with van der Waals surface area (Å²) in [5, 5.41) is 2.63. The van der Waals surface area contributed by atoms with Crippen LogP contribution >= 0.6 is 10.7 Å². The fourth-order valence-electron chi connectivity index (χ4n) is 1.71. The van der Waals surface area contributed by atoms with E-state index in [1.54, 1.807) is 6.92 Å². The Balaban J connectivity index is 3.09. The summed E-state index contributed by atoms with van der Waals surface area (Å²) in [7, 11) is 1.63. The molecule has 1 amide bonds. The SMILES string of the molecule is COc1ccc(S(=O)(=O)Cl)cc1C(=O)NC(C)CS(C)=O. The van der Waals surface area contributed by atoms with Crippen molar-refractivity contribution in [2.75, 3.05) is 19.1 Å². The summed E-state index contributed by atoms with van der Waals surface area (Å²) < 4.78 is 38.8. The monoisotopic (exact) mass is 353 g/mol. The lowest BCUT2D eigenvalue weighted by molar-refractivity contribution is 0.0940. The van der Waals surface area contributed by atoms with Crippen molar-refractivity contribution < 1.29 is 22.2 Å². The number of ether oxygens (including phenoxy) is 1. The maximum atomic E-state index is 12.2. The van der Waals surface area contributed by atoms with Gasteiger partial charge < -0.3 is 10.1 Å². The molecule has 0 fully saturated rings. The predicted octanol–water partition coefficient (Wildman–Crippen LogP) is 1.12. The minimum absolute atomic E-state index is 0.0490. The molecule has 1 aromatic rings. The van der Waals surface area contributed by atoms with Crippen LogP contribution in [0.5, 0.6) is 5.75 Å². The highest BCUT2D eigenvalue weighted by Gasteiger charge is 2.19. The molecule has 0 spiro atoms. The minimum Gasteiger partial charge on any atom is -0.496 e. The van der Waals surface area contributed by atoms with Gasteiger partial charge in [0.1, 0.15) is 5.75 Å². The van der Waals surface area contributed by atoms with E-state index in [2.05, 4.69) is 5.32 Å². The Morgan fingerprint density at radius 2 is 2.10 bits per heavy atom. The van der Waals surface area contributed by atoms with E-state index in [9.17, 15) is 17.4 Å². The average molecular weight is 354 g/mol. The molecule has 0 saturated heterocycles. The molecule has 0 saturated carbocycles. The minimum atomic E-state index is -3.94. The number of methoxy groups -OCH3 is 1. The number of rotatable bonds is 6. The third kappa shape index (κ3) is 5.29. The van der Waals surface area contributed by atoms with Crippen LogP contribution < -0.4 is 10.1 Å². The summed E-state index contributed by atoms with van der Waals surface area (Å²) in [6.07, 6.45) is 1.53. The van der Waals surface area contributed by atoms with E-state index in [0.29, 0.717) is 5.75 Å². The van der Waals surface area contributed by atoms with E-state index in [0.717, 1.165) is 6.07 Å². The smallest absolute Gasteiger partial charge is 0.261 e. The quantitative estimate of drug-likeness (QED) is 0.774. The lowest BCUT2D eigenvalue weighted by Gasteiger charge is -2.14. The van der Waals surface area contributed by atoms with Gasteiger partial charge in [0.15, 0.2) is 0 Å². The summed E-state index contributed by atoms with van der Waals surface area (Å²) in [4.78, 5) is 12.0. The van der Waals surface area contributed by atoms with Crippen LogP contribution in [0.2, 0.25) is 0 Å². The second-order valence-corrected chi connectivity index (χ2v) is 8.46. The number of benzene rings is 1. The number of carbonyl (C=O) groups is 1. The maximum Gasteiger partial charge on any atom is 0.261 e. The fraction of sp³-hybridized carbons (Fsp3) is 0.417. The van der Waals surface area contributed by atoms with Crippen molar-refractivity contribution in [3.63, 3.8) is 0 Å². The Kier molecular flexibility index (Phi) is 6.18. The van der Waals surface area contributed by atoms with Crippen molar-refractivity contribution in [3.05, 3.63) is 23.8 Å². The molecule has 1 rings (SSSR count). The van der Waals surface area contributed by atoms with E-state index in [-0.39, 0.29) is 22.3 Å². The molecule has 0 aromatic heterocycles. The number of hydrogen-bond donors (Lipinski definition) is 1. The van der Waals surface area contributed by atoms with Crippen molar-refractivity contribution in [1.29, 1.82) is 0 Å². The molecule has 2 atom stereocenters. The molecular weight excluding hydrogens is 338 g/mol. The van der Waals surface area contributed by atoms with Gasteiger partial charge in [0.2, 0.25) is 0 Å². The Labute approximate surface area is 130 Å². The third-order valence-corrected chi connectivity index (χ3v) is 4.88. The Bertz CT molecular complexity index is 660. The molecule has 0 aliphatic carbocycles. The molecule has 118 valence electrons. The van der Waals surface area contributed by atoms with Gasteiger partial charge in [-0.05, 0) is 25.1 Å². The standard InChI is InChI=1S/C12H16ClNO5S2/c1-8(7-20(3)16)14-12(15)10-6-9(21(13,17)18)4-5-11(10)19-2/h4-6,8H,7H2,1-3H3,(H,14,15). The van der Waals surface area contributed by atoms with Crippen LogP contribution in [0, 0.1) is 0 Å². The van der Waals surface area contributed by atoms with Gasteiger partial charge in [-0.3, -0.25) is 9.00 Å².